The Hall–Kier alpha value is -7.12. The fourth-order valence-electron chi connectivity index (χ4n) is 11.1. The number of rotatable bonds is 29. The molecule has 0 aliphatic carbocycles. The first-order valence-corrected chi connectivity index (χ1v) is 39.7. The third-order valence-corrected chi connectivity index (χ3v) is 28.6. The summed E-state index contributed by atoms with van der Waals surface area (Å²) in [6.07, 6.45) is 1.75. The van der Waals surface area contributed by atoms with Gasteiger partial charge in [0.2, 0.25) is 11.8 Å². The first-order valence-electron chi connectivity index (χ1n) is 28.5. The van der Waals surface area contributed by atoms with Crippen molar-refractivity contribution >= 4 is 120 Å². The summed E-state index contributed by atoms with van der Waals surface area (Å²) in [5.41, 5.74) is 4.10. The van der Waals surface area contributed by atoms with Gasteiger partial charge in [0.1, 0.15) is 35.8 Å². The minimum atomic E-state index is -4.65. The highest BCUT2D eigenvalue weighted by Gasteiger charge is 2.58. The number of aliphatic imine (C=N–C) groups is 4. The lowest BCUT2D eigenvalue weighted by molar-refractivity contribution is -0.150. The maximum absolute atomic E-state index is 13.6. The first-order chi connectivity index (χ1) is 41.6. The molecule has 4 aliphatic heterocycles. The Labute approximate surface area is 505 Å². The molecule has 10 rings (SSSR count). The third kappa shape index (κ3) is 14.4. The summed E-state index contributed by atoms with van der Waals surface area (Å²) in [5, 5.41) is 8.98. The zero-order valence-electron chi connectivity index (χ0n) is 48.6. The number of amidine groups is 4. The zero-order valence-corrected chi connectivity index (χ0v) is 53.2. The van der Waals surface area contributed by atoms with Crippen LogP contribution in [0.5, 0.6) is 0 Å². The van der Waals surface area contributed by atoms with Crippen LogP contribution in [0.25, 0.3) is 21.5 Å². The van der Waals surface area contributed by atoms with Crippen molar-refractivity contribution in [2.75, 3.05) is 57.4 Å². The van der Waals surface area contributed by atoms with Crippen LogP contribution in [0.3, 0.4) is 0 Å². The molecule has 0 saturated heterocycles. The average Bonchev–Trinajstić information content (AvgIpc) is 1.61. The van der Waals surface area contributed by atoms with Gasteiger partial charge in [0.15, 0.2) is 40.0 Å². The Kier molecular flexibility index (Phi) is 19.0. The fraction of sp³-hybridized carbons (Fsp3) is 0.375. The number of benzene rings is 4. The summed E-state index contributed by atoms with van der Waals surface area (Å²) < 4.78 is 86.1. The van der Waals surface area contributed by atoms with Gasteiger partial charge in [-0.15, -0.1) is 0 Å². The number of nitrogens with zero attached hydrogens (tertiary/aromatic N) is 9. The monoisotopic (exact) mass is 1280 g/mol. The molecule has 6 heterocycles. The number of fused-ring (bicyclic) bond motifs is 14. The minimum absolute atomic E-state index is 0.0998. The summed E-state index contributed by atoms with van der Waals surface area (Å²) in [4.78, 5) is 76.8. The summed E-state index contributed by atoms with van der Waals surface area (Å²) in [6, 6.07) is 32.6. The van der Waals surface area contributed by atoms with Gasteiger partial charge in [-0.05, 0) is 90.0 Å². The van der Waals surface area contributed by atoms with Gasteiger partial charge < -0.3 is 33.3 Å². The predicted octanol–water partition coefficient (Wildman–Crippen LogP) is 4.23. The minimum Gasteiger partial charge on any atom is -0.404 e. The van der Waals surface area contributed by atoms with Crippen molar-refractivity contribution in [1.29, 1.82) is 0 Å². The van der Waals surface area contributed by atoms with E-state index in [9.17, 15) is 35.8 Å². The Morgan fingerprint density at radius 3 is 1.47 bits per heavy atom. The van der Waals surface area contributed by atoms with E-state index in [1.807, 2.05) is 102 Å². The standard InChI is InChI=1S/C56H69N13O13S2Si3/c1-85(2,34-14-27-59-46(70)26-13-29-67(30-16-32-83(73,74)75)31-17-33-84(76,77)80-58)81-87(82-86(3,4)35-15-28-60-47(71)36-78-37-48(72)79-57)68-53-42-22-9-10-23-43(42)55(68)65-51-40-20-7-8-21-41(40)52(62-51)66-56-45-25-12-11-24-44(45)54(69(56)87)64-50-39-19-6-5-18-38(39)49(61-50)63-53/h5-12,18-25H,13-17,26-37,57-58H2,1-4H3,(H,59,70)(H,60,71)(H,73,74,75)/b63-49-,63-53?,64-50?,64-54-,65-51-,65-55?,66-52?,66-56-. The van der Waals surface area contributed by atoms with Gasteiger partial charge in [-0.1, -0.05) is 97.1 Å². The van der Waals surface area contributed by atoms with E-state index in [-0.39, 0.29) is 57.2 Å². The molecule has 0 spiro atoms. The van der Waals surface area contributed by atoms with Crippen molar-refractivity contribution in [2.24, 2.45) is 41.7 Å². The van der Waals surface area contributed by atoms with Gasteiger partial charge in [-0.25, -0.2) is 34.7 Å². The van der Waals surface area contributed by atoms with Crippen LogP contribution in [0, 0.1) is 0 Å². The molecule has 31 heteroatoms. The normalized spacial score (nSPS) is 18.0. The van der Waals surface area contributed by atoms with Crippen molar-refractivity contribution in [3.63, 3.8) is 0 Å². The second-order valence-electron chi connectivity index (χ2n) is 22.6. The largest absolute Gasteiger partial charge is 0.582 e. The average molecular weight is 1280 g/mol. The smallest absolute Gasteiger partial charge is 0.404 e. The summed E-state index contributed by atoms with van der Waals surface area (Å²) in [7, 11) is -19.1. The van der Waals surface area contributed by atoms with E-state index < -0.39 is 70.0 Å². The highest BCUT2D eigenvalue weighted by molar-refractivity contribution is 7.86. The van der Waals surface area contributed by atoms with Crippen molar-refractivity contribution in [3.05, 3.63) is 130 Å². The third-order valence-electron chi connectivity index (χ3n) is 15.0. The van der Waals surface area contributed by atoms with Crippen LogP contribution in [-0.2, 0) is 56.7 Å². The maximum atomic E-state index is 13.6. The van der Waals surface area contributed by atoms with E-state index in [1.54, 1.807) is 0 Å². The Morgan fingerprint density at radius 1 is 0.563 bits per heavy atom. The molecular formula is C56H69N13O13S2Si3. The van der Waals surface area contributed by atoms with Crippen molar-refractivity contribution < 1.29 is 57.9 Å². The number of nitrogens with one attached hydrogen (secondary N) is 2. The van der Waals surface area contributed by atoms with Gasteiger partial charge in [-0.3, -0.25) is 22.6 Å². The van der Waals surface area contributed by atoms with Gasteiger partial charge >= 0.3 is 14.9 Å². The molecule has 0 radical (unpaired) electrons. The van der Waals surface area contributed by atoms with E-state index in [4.69, 9.17) is 54.7 Å². The molecule has 4 aliphatic rings. The molecule has 26 nitrogen and oxygen atoms in total. The number of ether oxygens (including phenoxy) is 1. The number of hydrogen-bond donors (Lipinski definition) is 5. The predicted molar refractivity (Wildman–Crippen MR) is 335 cm³/mol. The number of nitrogens with two attached hydrogens (primary N) is 2. The lowest BCUT2D eigenvalue weighted by Gasteiger charge is -2.43. The first kappa shape index (κ1) is 62.9. The van der Waals surface area contributed by atoms with Gasteiger partial charge in [-0.2, -0.15) is 32.9 Å². The summed E-state index contributed by atoms with van der Waals surface area (Å²) >= 11 is 0. The van der Waals surface area contributed by atoms with Crippen LogP contribution in [0.4, 0.5) is 11.6 Å². The Bertz CT molecular complexity index is 4010. The van der Waals surface area contributed by atoms with E-state index >= 15 is 0 Å². The summed E-state index contributed by atoms with van der Waals surface area (Å²) in [5.74, 6) is 10.3. The van der Waals surface area contributed by atoms with Crippen molar-refractivity contribution in [2.45, 2.75) is 76.8 Å². The number of aromatic nitrogens is 2. The lowest BCUT2D eigenvalue weighted by atomic mass is 10.1. The number of carbonyl (C=O) groups is 3. The second kappa shape index (κ2) is 26.3. The highest BCUT2D eigenvalue weighted by atomic mass is 32.2. The van der Waals surface area contributed by atoms with E-state index in [0.717, 1.165) is 43.8 Å². The lowest BCUT2D eigenvalue weighted by Crippen LogP contribution is -2.70. The van der Waals surface area contributed by atoms with Crippen LogP contribution in [-0.4, -0.2) is 159 Å². The van der Waals surface area contributed by atoms with Crippen molar-refractivity contribution in [1.82, 2.24) is 24.0 Å². The molecule has 87 heavy (non-hydrogen) atoms. The van der Waals surface area contributed by atoms with Crippen LogP contribution in [0.1, 0.15) is 60.8 Å². The van der Waals surface area contributed by atoms with Crippen LogP contribution < -0.4 is 33.4 Å². The van der Waals surface area contributed by atoms with Gasteiger partial charge in [0.05, 0.1) is 11.5 Å². The van der Waals surface area contributed by atoms with E-state index in [0.29, 0.717) is 90.4 Å². The summed E-state index contributed by atoms with van der Waals surface area (Å²) in [6.45, 7) is 9.04. The van der Waals surface area contributed by atoms with E-state index in [2.05, 4.69) is 54.4 Å². The topological polar surface area (TPSA) is 349 Å². The van der Waals surface area contributed by atoms with Gasteiger partial charge in [0.25, 0.3) is 20.2 Å². The molecule has 1 atom stereocenters. The quantitative estimate of drug-likeness (QED) is 0.0190. The number of hydrogen-bond acceptors (Lipinski definition) is 21. The molecule has 6 aromatic rings. The molecule has 0 fully saturated rings. The second-order valence-corrected chi connectivity index (χ2v) is 37.5. The molecular weight excluding hydrogens is 1210 g/mol. The molecule has 7 N–H and O–H groups in total. The fourth-order valence-corrected chi connectivity index (χ4v) is 24.8. The zero-order chi connectivity index (χ0) is 61.7. The molecule has 2 amide bonds. The highest BCUT2D eigenvalue weighted by Crippen LogP contribution is 2.45. The Morgan fingerprint density at radius 2 is 1.00 bits per heavy atom. The SMILES string of the molecule is C[Si](C)(CCCNC(=O)CCCN(CCCS(=O)(=O)O)CCCS(=O)(=O)ON)O[Si]1(O[Si](C)(C)CCCNC(=O)COCC(=O)ON)n2c3c4ccccc4c2/N=C2N=C(/N=c4/c5ccccc5/c(n41)=N/C1=NC(=N\3)/c3ccccc31)c1ccccc1\2. The molecule has 1 unspecified atom stereocenters. The van der Waals surface area contributed by atoms with E-state index in [1.165, 1.54) is 0 Å². The van der Waals surface area contributed by atoms with Crippen molar-refractivity contribution in [3.8, 4) is 0 Å². The van der Waals surface area contributed by atoms with Crippen LogP contribution >= 0.6 is 0 Å². The molecule has 2 aromatic heterocycles. The van der Waals surface area contributed by atoms with Crippen LogP contribution in [0.15, 0.2) is 127 Å². The Balaban J connectivity index is 1.06. The molecule has 0 saturated carbocycles. The van der Waals surface area contributed by atoms with Gasteiger partial charge in [0, 0.05) is 63.3 Å². The van der Waals surface area contributed by atoms with Crippen LogP contribution in [0.2, 0.25) is 38.3 Å². The molecule has 6 bridgehead atoms. The number of amides is 2. The number of carbonyl (C=O) groups excluding carboxylic acids is 3. The maximum Gasteiger partial charge on any atom is 0.582 e. The molecule has 460 valence electrons. The molecule has 4 aromatic carbocycles.